The molecule has 0 saturated heterocycles. The Kier molecular flexibility index (Phi) is 3.69. The van der Waals surface area contributed by atoms with Gasteiger partial charge in [0.05, 0.1) is 13.2 Å². The molecule has 21 heavy (non-hydrogen) atoms. The fourth-order valence-electron chi connectivity index (χ4n) is 2.32. The van der Waals surface area contributed by atoms with Crippen LogP contribution in [0.25, 0.3) is 11.1 Å². The molecule has 0 fully saturated rings. The maximum atomic E-state index is 5.18. The van der Waals surface area contributed by atoms with Gasteiger partial charge in [0, 0.05) is 0 Å². The van der Waals surface area contributed by atoms with E-state index in [0.717, 1.165) is 5.75 Å². The summed E-state index contributed by atoms with van der Waals surface area (Å²) in [6.07, 6.45) is 3.48. The highest BCUT2D eigenvalue weighted by Crippen LogP contribution is 2.25. The highest BCUT2D eigenvalue weighted by atomic mass is 16.5. The highest BCUT2D eigenvalue weighted by molar-refractivity contribution is 5.64. The van der Waals surface area contributed by atoms with Crippen molar-refractivity contribution >= 4 is 0 Å². The smallest absolute Gasteiger partial charge is 0.119 e. The van der Waals surface area contributed by atoms with Crippen LogP contribution in [0.5, 0.6) is 5.75 Å². The van der Waals surface area contributed by atoms with Gasteiger partial charge in [0.1, 0.15) is 18.4 Å². The van der Waals surface area contributed by atoms with Crippen LogP contribution in [0.2, 0.25) is 0 Å². The van der Waals surface area contributed by atoms with Crippen LogP contribution in [0.15, 0.2) is 61.2 Å². The van der Waals surface area contributed by atoms with Crippen molar-refractivity contribution in [2.75, 3.05) is 7.11 Å². The zero-order chi connectivity index (χ0) is 14.7. The molecule has 1 atom stereocenters. The summed E-state index contributed by atoms with van der Waals surface area (Å²) in [6.45, 7) is 2.13. The maximum absolute atomic E-state index is 5.18. The van der Waals surface area contributed by atoms with E-state index in [9.17, 15) is 0 Å². The monoisotopic (exact) mass is 279 g/mol. The summed E-state index contributed by atoms with van der Waals surface area (Å²) in [6, 6.07) is 16.9. The second-order valence-corrected chi connectivity index (χ2v) is 4.94. The zero-order valence-electron chi connectivity index (χ0n) is 12.1. The van der Waals surface area contributed by atoms with Crippen LogP contribution >= 0.6 is 0 Å². The Labute approximate surface area is 124 Å². The molecule has 2 aromatic carbocycles. The van der Waals surface area contributed by atoms with Crippen LogP contribution in [0.1, 0.15) is 18.5 Å². The molecule has 0 radical (unpaired) electrons. The molecule has 3 rings (SSSR count). The van der Waals surface area contributed by atoms with Gasteiger partial charge in [-0.05, 0) is 35.7 Å². The van der Waals surface area contributed by atoms with E-state index in [4.69, 9.17) is 4.74 Å². The van der Waals surface area contributed by atoms with Crippen molar-refractivity contribution in [2.45, 2.75) is 13.0 Å². The lowest BCUT2D eigenvalue weighted by Gasteiger charge is -2.13. The molecular formula is C17H17N3O. The molecule has 106 valence electrons. The number of nitrogens with zero attached hydrogens (tertiary/aromatic N) is 3. The van der Waals surface area contributed by atoms with Gasteiger partial charge in [-0.3, -0.25) is 0 Å². The fourth-order valence-corrected chi connectivity index (χ4v) is 2.32. The lowest BCUT2D eigenvalue weighted by molar-refractivity contribution is 0.415. The third-order valence-electron chi connectivity index (χ3n) is 3.70. The average molecular weight is 279 g/mol. The van der Waals surface area contributed by atoms with E-state index in [1.807, 2.05) is 16.7 Å². The molecule has 4 heteroatoms. The predicted octanol–water partition coefficient (Wildman–Crippen LogP) is 3.56. The van der Waals surface area contributed by atoms with Gasteiger partial charge in [-0.1, -0.05) is 36.4 Å². The average Bonchev–Trinajstić information content (AvgIpc) is 3.09. The summed E-state index contributed by atoms with van der Waals surface area (Å²) < 4.78 is 7.17. The topological polar surface area (TPSA) is 39.9 Å². The molecule has 0 spiro atoms. The minimum atomic E-state index is 0.227. The predicted molar refractivity (Wildman–Crippen MR) is 82.3 cm³/mol. The molecule has 0 N–H and O–H groups in total. The second-order valence-electron chi connectivity index (χ2n) is 4.94. The van der Waals surface area contributed by atoms with Crippen LogP contribution in [0.4, 0.5) is 0 Å². The van der Waals surface area contributed by atoms with Gasteiger partial charge in [0.15, 0.2) is 0 Å². The molecule has 0 aliphatic carbocycles. The van der Waals surface area contributed by atoms with Gasteiger partial charge in [-0.15, -0.1) is 10.2 Å². The highest BCUT2D eigenvalue weighted by Gasteiger charge is 2.07. The van der Waals surface area contributed by atoms with E-state index in [-0.39, 0.29) is 6.04 Å². The van der Waals surface area contributed by atoms with Crippen molar-refractivity contribution < 1.29 is 4.74 Å². The molecule has 0 amide bonds. The van der Waals surface area contributed by atoms with E-state index in [2.05, 4.69) is 53.5 Å². The molecule has 1 aromatic heterocycles. The van der Waals surface area contributed by atoms with Crippen molar-refractivity contribution in [1.82, 2.24) is 14.8 Å². The van der Waals surface area contributed by atoms with Crippen LogP contribution in [0, 0.1) is 0 Å². The second kappa shape index (κ2) is 5.79. The molecule has 4 nitrogen and oxygen atoms in total. The Morgan fingerprint density at radius 2 is 1.38 bits per heavy atom. The molecule has 3 aromatic rings. The summed E-state index contributed by atoms with van der Waals surface area (Å²) in [5, 5.41) is 7.70. The Bertz CT molecular complexity index is 688. The van der Waals surface area contributed by atoms with Gasteiger partial charge >= 0.3 is 0 Å². The normalized spacial score (nSPS) is 12.1. The number of aromatic nitrogens is 3. The maximum Gasteiger partial charge on any atom is 0.119 e. The molecule has 0 saturated carbocycles. The van der Waals surface area contributed by atoms with Gasteiger partial charge in [0.25, 0.3) is 0 Å². The number of ether oxygens (including phenoxy) is 1. The van der Waals surface area contributed by atoms with E-state index >= 15 is 0 Å². The van der Waals surface area contributed by atoms with Crippen LogP contribution < -0.4 is 4.74 Å². The lowest BCUT2D eigenvalue weighted by Crippen LogP contribution is -2.03. The standard InChI is InChI=1S/C17H17N3O/c1-13(20-11-18-19-12-20)14-3-5-15(6-4-14)16-7-9-17(21-2)10-8-16/h3-13H,1-2H3. The SMILES string of the molecule is COc1ccc(-c2ccc(C(C)n3cnnc3)cc2)cc1. The third-order valence-corrected chi connectivity index (χ3v) is 3.70. The van der Waals surface area contributed by atoms with Crippen LogP contribution in [0.3, 0.4) is 0 Å². The molecular weight excluding hydrogens is 262 g/mol. The van der Waals surface area contributed by atoms with E-state index in [1.165, 1.54) is 16.7 Å². The molecule has 0 bridgehead atoms. The summed E-state index contributed by atoms with van der Waals surface area (Å²) in [7, 11) is 1.68. The number of rotatable bonds is 4. The van der Waals surface area contributed by atoms with Crippen LogP contribution in [-0.2, 0) is 0 Å². The van der Waals surface area contributed by atoms with Crippen molar-refractivity contribution in [1.29, 1.82) is 0 Å². The van der Waals surface area contributed by atoms with E-state index in [0.29, 0.717) is 0 Å². The fraction of sp³-hybridized carbons (Fsp3) is 0.176. The quantitative estimate of drug-likeness (QED) is 0.733. The largest absolute Gasteiger partial charge is 0.497 e. The van der Waals surface area contributed by atoms with E-state index in [1.54, 1.807) is 19.8 Å². The van der Waals surface area contributed by atoms with Crippen LogP contribution in [-0.4, -0.2) is 21.9 Å². The summed E-state index contributed by atoms with van der Waals surface area (Å²) >= 11 is 0. The molecule has 0 aliphatic heterocycles. The van der Waals surface area contributed by atoms with Crippen molar-refractivity contribution in [3.05, 3.63) is 66.7 Å². The molecule has 1 unspecified atom stereocenters. The Morgan fingerprint density at radius 1 is 0.857 bits per heavy atom. The zero-order valence-corrected chi connectivity index (χ0v) is 12.1. The third kappa shape index (κ3) is 2.79. The number of methoxy groups -OCH3 is 1. The van der Waals surface area contributed by atoms with Gasteiger partial charge in [0.2, 0.25) is 0 Å². The first-order chi connectivity index (χ1) is 10.3. The van der Waals surface area contributed by atoms with E-state index < -0.39 is 0 Å². The number of hydrogen-bond donors (Lipinski definition) is 0. The summed E-state index contributed by atoms with van der Waals surface area (Å²) in [5.41, 5.74) is 3.60. The Balaban J connectivity index is 1.83. The number of benzene rings is 2. The first-order valence-electron chi connectivity index (χ1n) is 6.86. The first kappa shape index (κ1) is 13.4. The first-order valence-corrected chi connectivity index (χ1v) is 6.86. The van der Waals surface area contributed by atoms with Crippen molar-refractivity contribution in [3.8, 4) is 16.9 Å². The summed E-state index contributed by atoms with van der Waals surface area (Å²) in [5.74, 6) is 0.872. The van der Waals surface area contributed by atoms with Gasteiger partial charge in [-0.25, -0.2) is 0 Å². The Morgan fingerprint density at radius 3 is 1.90 bits per heavy atom. The summed E-state index contributed by atoms with van der Waals surface area (Å²) in [4.78, 5) is 0. The minimum Gasteiger partial charge on any atom is -0.497 e. The van der Waals surface area contributed by atoms with Gasteiger partial charge < -0.3 is 9.30 Å². The minimum absolute atomic E-state index is 0.227. The van der Waals surface area contributed by atoms with Crippen molar-refractivity contribution in [3.63, 3.8) is 0 Å². The Hall–Kier alpha value is -2.62. The molecule has 1 heterocycles. The lowest BCUT2D eigenvalue weighted by atomic mass is 10.0. The van der Waals surface area contributed by atoms with Gasteiger partial charge in [-0.2, -0.15) is 0 Å². The number of hydrogen-bond acceptors (Lipinski definition) is 3. The molecule has 0 aliphatic rings. The van der Waals surface area contributed by atoms with Crippen molar-refractivity contribution in [2.24, 2.45) is 0 Å².